The Morgan fingerprint density at radius 1 is 1.00 bits per heavy atom. The molecule has 3 heterocycles. The van der Waals surface area contributed by atoms with Crippen molar-refractivity contribution in [3.8, 4) is 5.75 Å². The summed E-state index contributed by atoms with van der Waals surface area (Å²) in [4.78, 5) is 22.6. The molecule has 0 atom stereocenters. The van der Waals surface area contributed by atoms with Crippen molar-refractivity contribution in [3.63, 3.8) is 0 Å². The summed E-state index contributed by atoms with van der Waals surface area (Å²) in [6.07, 6.45) is 2.47. The molecule has 1 amide bonds. The highest BCUT2D eigenvalue weighted by molar-refractivity contribution is 5.99. The summed E-state index contributed by atoms with van der Waals surface area (Å²) in [6, 6.07) is 14.6. The van der Waals surface area contributed by atoms with Crippen LogP contribution in [-0.2, 0) is 6.42 Å². The zero-order valence-corrected chi connectivity index (χ0v) is 21.7. The quantitative estimate of drug-likeness (QED) is 0.418. The van der Waals surface area contributed by atoms with Gasteiger partial charge in [0.25, 0.3) is 5.91 Å². The number of anilines is 1. The number of methoxy groups -OCH3 is 1. The predicted molar refractivity (Wildman–Crippen MR) is 142 cm³/mol. The maximum Gasteiger partial charge on any atom is 0.259 e. The summed E-state index contributed by atoms with van der Waals surface area (Å²) in [7, 11) is 1.68. The van der Waals surface area contributed by atoms with Crippen LogP contribution in [0.25, 0.3) is 5.65 Å². The first kappa shape index (κ1) is 23.9. The highest BCUT2D eigenvalue weighted by Crippen LogP contribution is 2.25. The zero-order chi connectivity index (χ0) is 25.4. The SMILES string of the molecule is COc1cccc(N2CCN(C(=O)c3cnn4c(C)c(Cc5cc(C)ccc5C)c(C)nc34)CC2)c1. The molecule has 36 heavy (non-hydrogen) atoms. The average Bonchev–Trinajstić information content (AvgIpc) is 3.32. The van der Waals surface area contributed by atoms with Crippen LogP contribution < -0.4 is 9.64 Å². The lowest BCUT2D eigenvalue weighted by atomic mass is 9.97. The molecule has 0 bridgehead atoms. The molecule has 1 fully saturated rings. The molecule has 0 radical (unpaired) electrons. The molecule has 0 saturated carbocycles. The molecule has 2 aromatic carbocycles. The number of piperazine rings is 1. The first-order chi connectivity index (χ1) is 17.4. The Morgan fingerprint density at radius 3 is 2.53 bits per heavy atom. The molecule has 0 N–H and O–H groups in total. The van der Waals surface area contributed by atoms with Gasteiger partial charge in [0, 0.05) is 55.7 Å². The molecule has 2 aromatic heterocycles. The second-order valence-corrected chi connectivity index (χ2v) is 9.64. The van der Waals surface area contributed by atoms with Crippen molar-refractivity contribution in [2.75, 3.05) is 38.2 Å². The molecule has 186 valence electrons. The van der Waals surface area contributed by atoms with Gasteiger partial charge >= 0.3 is 0 Å². The summed E-state index contributed by atoms with van der Waals surface area (Å²) in [5.74, 6) is 0.829. The second-order valence-electron chi connectivity index (χ2n) is 9.64. The summed E-state index contributed by atoms with van der Waals surface area (Å²) < 4.78 is 7.19. The van der Waals surface area contributed by atoms with E-state index < -0.39 is 0 Å². The Bertz CT molecular complexity index is 1430. The number of carbonyl (C=O) groups is 1. The number of amides is 1. The van der Waals surface area contributed by atoms with Crippen LogP contribution >= 0.6 is 0 Å². The number of nitrogens with zero attached hydrogens (tertiary/aromatic N) is 5. The van der Waals surface area contributed by atoms with Crippen molar-refractivity contribution < 1.29 is 9.53 Å². The molecular formula is C29H33N5O2. The van der Waals surface area contributed by atoms with Gasteiger partial charge in [-0.05, 0) is 56.5 Å². The van der Waals surface area contributed by atoms with Crippen molar-refractivity contribution in [3.05, 3.63) is 87.9 Å². The highest BCUT2D eigenvalue weighted by atomic mass is 16.5. The van der Waals surface area contributed by atoms with Crippen molar-refractivity contribution in [1.82, 2.24) is 19.5 Å². The predicted octanol–water partition coefficient (Wildman–Crippen LogP) is 4.52. The second kappa shape index (κ2) is 9.64. The number of aromatic nitrogens is 3. The van der Waals surface area contributed by atoms with E-state index in [1.807, 2.05) is 34.5 Å². The minimum atomic E-state index is -0.0103. The number of benzene rings is 2. The van der Waals surface area contributed by atoms with E-state index in [0.717, 1.165) is 47.9 Å². The van der Waals surface area contributed by atoms with Crippen LogP contribution in [0.4, 0.5) is 5.69 Å². The van der Waals surface area contributed by atoms with E-state index in [2.05, 4.69) is 55.0 Å². The monoisotopic (exact) mass is 483 g/mol. The van der Waals surface area contributed by atoms with Crippen molar-refractivity contribution in [2.45, 2.75) is 34.1 Å². The Labute approximate surface area is 212 Å². The maximum atomic E-state index is 13.5. The third kappa shape index (κ3) is 4.41. The number of rotatable bonds is 5. The standard InChI is InChI=1S/C29H33N5O2/c1-19-9-10-20(2)23(15-19)16-26-21(3)31-28-27(18-30-34(28)22(26)4)29(35)33-13-11-32(12-14-33)24-7-6-8-25(17-24)36-5/h6-10,15,17-18H,11-14,16H2,1-5H3. The molecule has 7 nitrogen and oxygen atoms in total. The van der Waals surface area contributed by atoms with Gasteiger partial charge < -0.3 is 14.5 Å². The molecule has 5 rings (SSSR count). The van der Waals surface area contributed by atoms with Gasteiger partial charge in [-0.1, -0.05) is 29.8 Å². The summed E-state index contributed by atoms with van der Waals surface area (Å²) in [6.45, 7) is 11.2. The van der Waals surface area contributed by atoms with Gasteiger partial charge in [-0.15, -0.1) is 0 Å². The van der Waals surface area contributed by atoms with E-state index in [9.17, 15) is 4.79 Å². The minimum absolute atomic E-state index is 0.0103. The van der Waals surface area contributed by atoms with E-state index in [0.29, 0.717) is 24.3 Å². The molecule has 0 aliphatic carbocycles. The van der Waals surface area contributed by atoms with Crippen LogP contribution in [0.15, 0.2) is 48.7 Å². The number of carbonyl (C=O) groups excluding carboxylic acids is 1. The minimum Gasteiger partial charge on any atom is -0.497 e. The van der Waals surface area contributed by atoms with Crippen molar-refractivity contribution in [1.29, 1.82) is 0 Å². The van der Waals surface area contributed by atoms with E-state index in [-0.39, 0.29) is 5.91 Å². The molecular weight excluding hydrogens is 450 g/mol. The van der Waals surface area contributed by atoms with E-state index in [1.165, 1.54) is 16.7 Å². The molecule has 4 aromatic rings. The molecule has 1 saturated heterocycles. The Hall–Kier alpha value is -3.87. The van der Waals surface area contributed by atoms with Crippen LogP contribution in [0.3, 0.4) is 0 Å². The van der Waals surface area contributed by atoms with Gasteiger partial charge in [-0.3, -0.25) is 4.79 Å². The lowest BCUT2D eigenvalue weighted by molar-refractivity contribution is 0.0748. The smallest absolute Gasteiger partial charge is 0.259 e. The highest BCUT2D eigenvalue weighted by Gasteiger charge is 2.26. The summed E-state index contributed by atoms with van der Waals surface area (Å²) >= 11 is 0. The van der Waals surface area contributed by atoms with E-state index in [1.54, 1.807) is 13.3 Å². The number of fused-ring (bicyclic) bond motifs is 1. The van der Waals surface area contributed by atoms with Crippen molar-refractivity contribution >= 4 is 17.2 Å². The van der Waals surface area contributed by atoms with Crippen LogP contribution in [0, 0.1) is 27.7 Å². The summed E-state index contributed by atoms with van der Waals surface area (Å²) in [5, 5.41) is 4.58. The third-order valence-electron chi connectivity index (χ3n) is 7.30. The zero-order valence-electron chi connectivity index (χ0n) is 21.7. The number of aryl methyl sites for hydroxylation is 4. The van der Waals surface area contributed by atoms with Gasteiger partial charge in [0.2, 0.25) is 0 Å². The van der Waals surface area contributed by atoms with Gasteiger partial charge in [-0.25, -0.2) is 9.50 Å². The Balaban J connectivity index is 1.36. The fourth-order valence-corrected chi connectivity index (χ4v) is 5.04. The van der Waals surface area contributed by atoms with Gasteiger partial charge in [0.1, 0.15) is 11.3 Å². The lowest BCUT2D eigenvalue weighted by Gasteiger charge is -2.36. The molecule has 1 aliphatic heterocycles. The van der Waals surface area contributed by atoms with Gasteiger partial charge in [0.05, 0.1) is 13.3 Å². The van der Waals surface area contributed by atoms with E-state index >= 15 is 0 Å². The normalized spacial score (nSPS) is 13.9. The number of hydrogen-bond donors (Lipinski definition) is 0. The average molecular weight is 484 g/mol. The van der Waals surface area contributed by atoms with Crippen LogP contribution in [-0.4, -0.2) is 58.7 Å². The third-order valence-corrected chi connectivity index (χ3v) is 7.30. The molecule has 1 aliphatic rings. The van der Waals surface area contributed by atoms with Gasteiger partial charge in [-0.2, -0.15) is 5.10 Å². The van der Waals surface area contributed by atoms with Crippen molar-refractivity contribution in [2.24, 2.45) is 0 Å². The lowest BCUT2D eigenvalue weighted by Crippen LogP contribution is -2.48. The van der Waals surface area contributed by atoms with Crippen LogP contribution in [0.2, 0.25) is 0 Å². The summed E-state index contributed by atoms with van der Waals surface area (Å²) in [5.41, 5.74) is 9.25. The molecule has 0 spiro atoms. The van der Waals surface area contributed by atoms with Gasteiger partial charge in [0.15, 0.2) is 5.65 Å². The number of hydrogen-bond acceptors (Lipinski definition) is 5. The first-order valence-electron chi connectivity index (χ1n) is 12.4. The Kier molecular flexibility index (Phi) is 6.39. The van der Waals surface area contributed by atoms with Crippen LogP contribution in [0.5, 0.6) is 5.75 Å². The largest absolute Gasteiger partial charge is 0.497 e. The van der Waals surface area contributed by atoms with Crippen LogP contribution in [0.1, 0.15) is 44.0 Å². The fourth-order valence-electron chi connectivity index (χ4n) is 5.04. The Morgan fingerprint density at radius 2 is 1.78 bits per heavy atom. The van der Waals surface area contributed by atoms with E-state index in [4.69, 9.17) is 9.72 Å². The number of ether oxygens (including phenoxy) is 1. The molecule has 0 unspecified atom stereocenters. The fraction of sp³-hybridized carbons (Fsp3) is 0.345. The first-order valence-corrected chi connectivity index (χ1v) is 12.4. The topological polar surface area (TPSA) is 63.0 Å². The maximum absolute atomic E-state index is 13.5. The molecule has 7 heteroatoms.